The maximum absolute atomic E-state index is 11.6. The van der Waals surface area contributed by atoms with Gasteiger partial charge in [0.05, 0.1) is 0 Å². The second-order valence-electron chi connectivity index (χ2n) is 7.51. The van der Waals surface area contributed by atoms with E-state index in [1.165, 1.54) is 6.42 Å². The summed E-state index contributed by atoms with van der Waals surface area (Å²) in [4.78, 5) is 0. The molecule has 25 heavy (non-hydrogen) atoms. The number of rotatable bonds is 4. The van der Waals surface area contributed by atoms with E-state index in [1.807, 2.05) is 49.4 Å². The number of hydrogen-bond acceptors (Lipinski definition) is 1. The Labute approximate surface area is 156 Å². The zero-order valence-electron chi connectivity index (χ0n) is 15.3. The Bertz CT molecular complexity index is 775. The Morgan fingerprint density at radius 3 is 2.64 bits per heavy atom. The first-order valence-electron chi connectivity index (χ1n) is 9.20. The standard InChI is InChI=1S/C23H27ClO/c1-4-17-12-16(2)13-19(14-17)23(3,25)22-11-6-5-10-21(22)18-8-7-9-20(24)15-18/h5-11,13,15-17,25H,4,12,14H2,1-3H3. The quantitative estimate of drug-likeness (QED) is 0.613. The summed E-state index contributed by atoms with van der Waals surface area (Å²) in [5.74, 6) is 1.17. The molecule has 0 saturated heterocycles. The van der Waals surface area contributed by atoms with Gasteiger partial charge < -0.3 is 5.11 Å². The molecule has 0 saturated carbocycles. The van der Waals surface area contributed by atoms with E-state index in [0.717, 1.165) is 35.1 Å². The van der Waals surface area contributed by atoms with Crippen LogP contribution in [0, 0.1) is 11.8 Å². The monoisotopic (exact) mass is 354 g/mol. The third-order valence-electron chi connectivity index (χ3n) is 5.49. The van der Waals surface area contributed by atoms with E-state index >= 15 is 0 Å². The van der Waals surface area contributed by atoms with Crippen LogP contribution in [0.1, 0.15) is 45.6 Å². The van der Waals surface area contributed by atoms with Crippen molar-refractivity contribution in [3.05, 3.63) is 70.8 Å². The molecule has 0 aliphatic heterocycles. The van der Waals surface area contributed by atoms with Gasteiger partial charge in [0, 0.05) is 5.02 Å². The summed E-state index contributed by atoms with van der Waals surface area (Å²) in [5, 5.41) is 12.3. The lowest BCUT2D eigenvalue weighted by Gasteiger charge is -2.36. The van der Waals surface area contributed by atoms with Gasteiger partial charge in [-0.15, -0.1) is 0 Å². The van der Waals surface area contributed by atoms with Crippen LogP contribution in [0.15, 0.2) is 60.2 Å². The normalized spacial score (nSPS) is 23.0. The highest BCUT2D eigenvalue weighted by atomic mass is 35.5. The van der Waals surface area contributed by atoms with Gasteiger partial charge in [0.15, 0.2) is 0 Å². The van der Waals surface area contributed by atoms with Crippen LogP contribution in [-0.2, 0) is 5.60 Å². The van der Waals surface area contributed by atoms with Crippen molar-refractivity contribution >= 4 is 11.6 Å². The maximum atomic E-state index is 11.6. The van der Waals surface area contributed by atoms with Crippen LogP contribution in [0.3, 0.4) is 0 Å². The fourth-order valence-corrected chi connectivity index (χ4v) is 4.25. The first-order chi connectivity index (χ1) is 11.9. The predicted molar refractivity (Wildman–Crippen MR) is 107 cm³/mol. The van der Waals surface area contributed by atoms with Crippen molar-refractivity contribution in [2.75, 3.05) is 0 Å². The van der Waals surface area contributed by atoms with Gasteiger partial charge in [-0.25, -0.2) is 0 Å². The van der Waals surface area contributed by atoms with Crippen molar-refractivity contribution in [1.82, 2.24) is 0 Å². The molecule has 3 atom stereocenters. The number of aliphatic hydroxyl groups is 1. The minimum absolute atomic E-state index is 0.513. The first-order valence-corrected chi connectivity index (χ1v) is 9.58. The summed E-state index contributed by atoms with van der Waals surface area (Å²) >= 11 is 6.19. The van der Waals surface area contributed by atoms with Crippen molar-refractivity contribution in [2.24, 2.45) is 11.8 Å². The lowest BCUT2D eigenvalue weighted by Crippen LogP contribution is -2.29. The molecule has 0 amide bonds. The first kappa shape index (κ1) is 18.2. The summed E-state index contributed by atoms with van der Waals surface area (Å²) in [6.07, 6.45) is 5.62. The molecule has 1 nitrogen and oxygen atoms in total. The Hall–Kier alpha value is -1.57. The van der Waals surface area contributed by atoms with E-state index in [-0.39, 0.29) is 0 Å². The van der Waals surface area contributed by atoms with Gasteiger partial charge in [-0.3, -0.25) is 0 Å². The van der Waals surface area contributed by atoms with E-state index in [0.29, 0.717) is 16.9 Å². The topological polar surface area (TPSA) is 20.2 Å². The van der Waals surface area contributed by atoms with E-state index in [9.17, 15) is 5.11 Å². The number of allylic oxidation sites excluding steroid dienone is 1. The smallest absolute Gasteiger partial charge is 0.108 e. The second kappa shape index (κ2) is 7.35. The molecule has 0 spiro atoms. The van der Waals surface area contributed by atoms with Gasteiger partial charge in [-0.1, -0.05) is 74.3 Å². The molecule has 1 N–H and O–H groups in total. The highest BCUT2D eigenvalue weighted by Gasteiger charge is 2.34. The lowest BCUT2D eigenvalue weighted by atomic mass is 9.73. The van der Waals surface area contributed by atoms with E-state index < -0.39 is 5.60 Å². The van der Waals surface area contributed by atoms with Crippen LogP contribution in [0.2, 0.25) is 5.02 Å². The molecule has 2 aromatic carbocycles. The molecule has 3 unspecified atom stereocenters. The fraction of sp³-hybridized carbons (Fsp3) is 0.391. The van der Waals surface area contributed by atoms with Crippen LogP contribution >= 0.6 is 11.6 Å². The molecular weight excluding hydrogens is 328 g/mol. The van der Waals surface area contributed by atoms with Gasteiger partial charge in [0.1, 0.15) is 5.60 Å². The van der Waals surface area contributed by atoms with E-state index in [2.05, 4.69) is 26.0 Å². The molecule has 2 aromatic rings. The third kappa shape index (κ3) is 3.83. The van der Waals surface area contributed by atoms with Gasteiger partial charge in [0.25, 0.3) is 0 Å². The Morgan fingerprint density at radius 1 is 1.16 bits per heavy atom. The van der Waals surface area contributed by atoms with Gasteiger partial charge >= 0.3 is 0 Å². The molecule has 0 aromatic heterocycles. The van der Waals surface area contributed by atoms with Crippen molar-refractivity contribution < 1.29 is 5.11 Å². The summed E-state index contributed by atoms with van der Waals surface area (Å²) in [7, 11) is 0. The number of hydrogen-bond donors (Lipinski definition) is 1. The minimum atomic E-state index is -0.971. The molecule has 1 aliphatic rings. The molecule has 0 heterocycles. The van der Waals surface area contributed by atoms with Crippen LogP contribution in [-0.4, -0.2) is 5.11 Å². The second-order valence-corrected chi connectivity index (χ2v) is 7.95. The maximum Gasteiger partial charge on any atom is 0.108 e. The summed E-state index contributed by atoms with van der Waals surface area (Å²) in [6.45, 7) is 6.43. The Balaban J connectivity index is 2.06. The highest BCUT2D eigenvalue weighted by molar-refractivity contribution is 6.30. The van der Waals surface area contributed by atoms with Crippen LogP contribution in [0.4, 0.5) is 0 Å². The van der Waals surface area contributed by atoms with Crippen molar-refractivity contribution in [3.63, 3.8) is 0 Å². The molecule has 1 aliphatic carbocycles. The van der Waals surface area contributed by atoms with Crippen molar-refractivity contribution in [1.29, 1.82) is 0 Å². The minimum Gasteiger partial charge on any atom is -0.381 e. The molecule has 0 bridgehead atoms. The predicted octanol–water partition coefficient (Wildman–Crippen LogP) is 6.60. The van der Waals surface area contributed by atoms with Crippen LogP contribution < -0.4 is 0 Å². The Kier molecular flexibility index (Phi) is 5.36. The lowest BCUT2D eigenvalue weighted by molar-refractivity contribution is 0.0864. The average Bonchev–Trinajstić information content (AvgIpc) is 2.61. The zero-order valence-corrected chi connectivity index (χ0v) is 16.1. The van der Waals surface area contributed by atoms with Gasteiger partial charge in [-0.2, -0.15) is 0 Å². The van der Waals surface area contributed by atoms with Crippen LogP contribution in [0.25, 0.3) is 11.1 Å². The summed E-state index contributed by atoms with van der Waals surface area (Å²) in [5.41, 5.74) is 3.21. The third-order valence-corrected chi connectivity index (χ3v) is 5.72. The molecule has 2 heteroatoms. The van der Waals surface area contributed by atoms with E-state index in [1.54, 1.807) is 0 Å². The summed E-state index contributed by atoms with van der Waals surface area (Å²) < 4.78 is 0. The highest BCUT2D eigenvalue weighted by Crippen LogP contribution is 2.43. The molecule has 0 radical (unpaired) electrons. The van der Waals surface area contributed by atoms with Crippen LogP contribution in [0.5, 0.6) is 0 Å². The molecule has 0 fully saturated rings. The van der Waals surface area contributed by atoms with Crippen molar-refractivity contribution in [2.45, 2.75) is 45.6 Å². The number of benzene rings is 2. The summed E-state index contributed by atoms with van der Waals surface area (Å²) in [6, 6.07) is 16.0. The van der Waals surface area contributed by atoms with Crippen molar-refractivity contribution in [3.8, 4) is 11.1 Å². The van der Waals surface area contributed by atoms with E-state index in [4.69, 9.17) is 11.6 Å². The largest absolute Gasteiger partial charge is 0.381 e. The van der Waals surface area contributed by atoms with Gasteiger partial charge in [-0.05, 0) is 66.0 Å². The molecular formula is C23H27ClO. The SMILES string of the molecule is CCC1CC(C(C)(O)c2ccccc2-c2cccc(Cl)c2)=CC(C)C1. The zero-order chi connectivity index (χ0) is 18.0. The van der Waals surface area contributed by atoms with Gasteiger partial charge in [0.2, 0.25) is 0 Å². The molecule has 132 valence electrons. The number of halogens is 1. The fourth-order valence-electron chi connectivity index (χ4n) is 4.06. The molecule has 3 rings (SSSR count). The Morgan fingerprint density at radius 2 is 1.92 bits per heavy atom. The average molecular weight is 355 g/mol.